The molecule has 10 unspecified atom stereocenters. The third-order valence-electron chi connectivity index (χ3n) is 14.7. The average molecular weight is 540 g/mol. The summed E-state index contributed by atoms with van der Waals surface area (Å²) in [6.07, 6.45) is 27.6. The van der Waals surface area contributed by atoms with Crippen molar-refractivity contribution in [1.82, 2.24) is 4.98 Å². The summed E-state index contributed by atoms with van der Waals surface area (Å²) in [6, 6.07) is 2.16. The number of aliphatic hydroxyl groups is 2. The fourth-order valence-electron chi connectivity index (χ4n) is 13.6. The first kappa shape index (κ1) is 25.8. The highest BCUT2D eigenvalue weighted by Crippen LogP contribution is 2.91. The van der Waals surface area contributed by atoms with Crippen molar-refractivity contribution < 1.29 is 10.2 Å². The highest BCUT2D eigenvalue weighted by atomic mass is 16.3. The van der Waals surface area contributed by atoms with E-state index in [1.807, 2.05) is 6.20 Å². The molecule has 0 radical (unpaired) electrons. The van der Waals surface area contributed by atoms with Crippen LogP contribution >= 0.6 is 0 Å². The van der Waals surface area contributed by atoms with Crippen molar-refractivity contribution in [1.29, 1.82) is 0 Å². The average Bonchev–Trinajstić information content (AvgIpc) is 3.46. The van der Waals surface area contributed by atoms with Crippen LogP contribution < -0.4 is 0 Å². The van der Waals surface area contributed by atoms with E-state index in [4.69, 9.17) is 6.58 Å². The highest BCUT2D eigenvalue weighted by Gasteiger charge is 2.86. The predicted molar refractivity (Wildman–Crippen MR) is 160 cm³/mol. The molecule has 214 valence electrons. The lowest BCUT2D eigenvalue weighted by atomic mass is 9.32. The van der Waals surface area contributed by atoms with Crippen molar-refractivity contribution in [3.05, 3.63) is 72.1 Å². The molecule has 0 aliphatic heterocycles. The van der Waals surface area contributed by atoms with Gasteiger partial charge in [-0.25, -0.2) is 0 Å². The molecular weight excluding hydrogens is 490 g/mol. The summed E-state index contributed by atoms with van der Waals surface area (Å²) >= 11 is 0. The van der Waals surface area contributed by atoms with E-state index in [2.05, 4.69) is 68.4 Å². The molecule has 7 aliphatic carbocycles. The van der Waals surface area contributed by atoms with Crippen LogP contribution in [-0.4, -0.2) is 28.4 Å². The van der Waals surface area contributed by atoms with E-state index in [9.17, 15) is 10.2 Å². The second kappa shape index (κ2) is 7.95. The standard InChI is InChI=1S/C37H49NO2/c1-24-16-29-33(4)31-28(8-14-37(33)30(24)32(37,2)3)7-13-35(23-40)10-5-11-36(31,35)22-34(29)12-6-25(19-34)17-27(21-39)18-26-9-15-38-20-26/h7-9,13-16,20,25,27-28,30-31,38-40H,1,5-6,10-12,17-19,21-23H2,2-4H3. The van der Waals surface area contributed by atoms with Crippen LogP contribution in [0.15, 0.2) is 66.6 Å². The number of aromatic amines is 1. The number of hydrogen-bond acceptors (Lipinski definition) is 2. The first-order valence-corrected chi connectivity index (χ1v) is 16.3. The van der Waals surface area contributed by atoms with Gasteiger partial charge in [0.2, 0.25) is 0 Å². The van der Waals surface area contributed by atoms with Crippen molar-refractivity contribution in [3.63, 3.8) is 0 Å². The molecule has 40 heavy (non-hydrogen) atoms. The Bertz CT molecular complexity index is 1330. The molecule has 1 aromatic heterocycles. The zero-order valence-corrected chi connectivity index (χ0v) is 24.9. The summed E-state index contributed by atoms with van der Waals surface area (Å²) in [5.41, 5.74) is 5.09. The molecule has 1 heterocycles. The third kappa shape index (κ3) is 2.72. The summed E-state index contributed by atoms with van der Waals surface area (Å²) in [5.74, 6) is 2.50. The van der Waals surface area contributed by atoms with Gasteiger partial charge in [-0.3, -0.25) is 0 Å². The van der Waals surface area contributed by atoms with Gasteiger partial charge in [0, 0.05) is 35.2 Å². The van der Waals surface area contributed by atoms with Crippen LogP contribution in [0.1, 0.15) is 77.7 Å². The minimum atomic E-state index is -0.0783. The van der Waals surface area contributed by atoms with Crippen molar-refractivity contribution in [2.45, 2.75) is 78.6 Å². The molecule has 0 aromatic carbocycles. The molecular formula is C37H49NO2. The number of nitrogens with one attached hydrogen (secondary N) is 1. The molecule has 0 bridgehead atoms. The van der Waals surface area contributed by atoms with Crippen LogP contribution in [0.4, 0.5) is 0 Å². The predicted octanol–water partition coefficient (Wildman–Crippen LogP) is 7.41. The Morgan fingerprint density at radius 2 is 1.93 bits per heavy atom. The van der Waals surface area contributed by atoms with Gasteiger partial charge in [-0.1, -0.05) is 75.3 Å². The molecule has 3 nitrogen and oxygen atoms in total. The van der Waals surface area contributed by atoms with Gasteiger partial charge in [-0.2, -0.15) is 0 Å². The van der Waals surface area contributed by atoms with Crippen molar-refractivity contribution in [2.24, 2.45) is 62.1 Å². The molecule has 1 aromatic rings. The lowest BCUT2D eigenvalue weighted by Crippen LogP contribution is -2.65. The van der Waals surface area contributed by atoms with Gasteiger partial charge < -0.3 is 15.2 Å². The lowest BCUT2D eigenvalue weighted by molar-refractivity contribution is -0.152. The Balaban J connectivity index is 1.25. The van der Waals surface area contributed by atoms with Gasteiger partial charge in [-0.15, -0.1) is 0 Å². The summed E-state index contributed by atoms with van der Waals surface area (Å²) in [6.45, 7) is 13.0. The number of aromatic nitrogens is 1. The quantitative estimate of drug-likeness (QED) is 0.330. The van der Waals surface area contributed by atoms with Gasteiger partial charge in [0.15, 0.2) is 0 Å². The third-order valence-corrected chi connectivity index (χ3v) is 14.7. The van der Waals surface area contributed by atoms with Gasteiger partial charge >= 0.3 is 0 Å². The molecule has 10 atom stereocenters. The van der Waals surface area contributed by atoms with E-state index in [0.717, 1.165) is 19.3 Å². The molecule has 8 rings (SSSR count). The van der Waals surface area contributed by atoms with E-state index in [-0.39, 0.29) is 39.1 Å². The molecule has 0 amide bonds. The van der Waals surface area contributed by atoms with Crippen LogP contribution in [0, 0.1) is 62.1 Å². The summed E-state index contributed by atoms with van der Waals surface area (Å²) < 4.78 is 0. The summed E-state index contributed by atoms with van der Waals surface area (Å²) in [7, 11) is 0. The van der Waals surface area contributed by atoms with Crippen LogP contribution in [0.2, 0.25) is 0 Å². The van der Waals surface area contributed by atoms with E-state index in [0.29, 0.717) is 36.2 Å². The van der Waals surface area contributed by atoms with Gasteiger partial charge in [0.05, 0.1) is 6.61 Å². The van der Waals surface area contributed by atoms with Crippen LogP contribution in [0.25, 0.3) is 0 Å². The fraction of sp³-hybridized carbons (Fsp3) is 0.676. The number of fused-ring (bicyclic) bond motifs is 1. The molecule has 4 saturated carbocycles. The molecule has 3 heteroatoms. The van der Waals surface area contributed by atoms with Crippen molar-refractivity contribution >= 4 is 0 Å². The van der Waals surface area contributed by atoms with E-state index in [1.54, 1.807) is 5.57 Å². The normalized spacial score (nSPS) is 49.4. The Hall–Kier alpha value is -1.84. The van der Waals surface area contributed by atoms with Crippen molar-refractivity contribution in [3.8, 4) is 0 Å². The van der Waals surface area contributed by atoms with E-state index >= 15 is 0 Å². The van der Waals surface area contributed by atoms with Crippen molar-refractivity contribution in [2.75, 3.05) is 13.2 Å². The maximum absolute atomic E-state index is 11.2. The van der Waals surface area contributed by atoms with E-state index in [1.165, 1.54) is 49.7 Å². The lowest BCUT2D eigenvalue weighted by Gasteiger charge is -2.71. The second-order valence-electron chi connectivity index (χ2n) is 16.2. The summed E-state index contributed by atoms with van der Waals surface area (Å²) in [5, 5.41) is 21.6. The maximum atomic E-state index is 11.2. The number of H-pyrrole nitrogens is 1. The minimum absolute atomic E-state index is 0.0783. The number of rotatable bonds is 6. The molecule has 0 saturated heterocycles. The van der Waals surface area contributed by atoms with Crippen LogP contribution in [0.5, 0.6) is 0 Å². The summed E-state index contributed by atoms with van der Waals surface area (Å²) in [4.78, 5) is 3.19. The fourth-order valence-corrected chi connectivity index (χ4v) is 13.6. The van der Waals surface area contributed by atoms with Gasteiger partial charge in [-0.05, 0) is 109 Å². The first-order chi connectivity index (χ1) is 19.1. The number of allylic oxidation sites excluding steroid dienone is 6. The number of hydrogen-bond donors (Lipinski definition) is 3. The molecule has 4 fully saturated rings. The first-order valence-electron chi connectivity index (χ1n) is 16.3. The topological polar surface area (TPSA) is 56.2 Å². The maximum Gasteiger partial charge on any atom is 0.0527 e. The second-order valence-corrected chi connectivity index (χ2v) is 16.2. The SMILES string of the molecule is C=C1C=C2C3(CCC(CC(CO)Cc4cc[nH]c4)C3)CC34CCCC3(CO)C=CC3C=CC5(C1C5(C)C)C2(C)C34. The van der Waals surface area contributed by atoms with Gasteiger partial charge in [0.25, 0.3) is 0 Å². The highest BCUT2D eigenvalue weighted by molar-refractivity contribution is 5.58. The Kier molecular flexibility index (Phi) is 5.14. The Morgan fingerprint density at radius 1 is 1.10 bits per heavy atom. The zero-order valence-electron chi connectivity index (χ0n) is 24.9. The molecule has 7 aliphatic rings. The van der Waals surface area contributed by atoms with Crippen LogP contribution in [-0.2, 0) is 6.42 Å². The zero-order chi connectivity index (χ0) is 27.8. The van der Waals surface area contributed by atoms with E-state index < -0.39 is 0 Å². The largest absolute Gasteiger partial charge is 0.396 e. The van der Waals surface area contributed by atoms with Gasteiger partial charge in [0.1, 0.15) is 0 Å². The van der Waals surface area contributed by atoms with Crippen LogP contribution in [0.3, 0.4) is 0 Å². The minimum Gasteiger partial charge on any atom is -0.396 e. The smallest absolute Gasteiger partial charge is 0.0527 e. The Labute approximate surface area is 240 Å². The molecule has 3 N–H and O–H groups in total. The molecule has 3 spiro atoms. The number of aliphatic hydroxyl groups excluding tert-OH is 2. The monoisotopic (exact) mass is 539 g/mol. The Morgan fingerprint density at radius 3 is 2.67 bits per heavy atom.